The third-order valence-electron chi connectivity index (χ3n) is 3.57. The van der Waals surface area contributed by atoms with Crippen molar-refractivity contribution in [2.45, 2.75) is 46.2 Å². The van der Waals surface area contributed by atoms with Crippen molar-refractivity contribution in [3.05, 3.63) is 38.4 Å². The van der Waals surface area contributed by atoms with Crippen molar-refractivity contribution in [1.82, 2.24) is 19.7 Å². The predicted molar refractivity (Wildman–Crippen MR) is 94.2 cm³/mol. The molecular formula is C16H21N5OS. The molecule has 2 N–H and O–H groups in total. The van der Waals surface area contributed by atoms with Crippen LogP contribution in [0.2, 0.25) is 0 Å². The first-order valence-electron chi connectivity index (χ1n) is 7.68. The van der Waals surface area contributed by atoms with E-state index in [4.69, 9.17) is 0 Å². The molecule has 0 fully saturated rings. The molecule has 0 spiro atoms. The van der Waals surface area contributed by atoms with Crippen molar-refractivity contribution in [3.8, 4) is 0 Å². The lowest BCUT2D eigenvalue weighted by Crippen LogP contribution is -2.24. The average Bonchev–Trinajstić information content (AvgIpc) is 3.11. The maximum absolute atomic E-state index is 12.2. The minimum Gasteiger partial charge on any atom is -0.351 e. The van der Waals surface area contributed by atoms with Crippen LogP contribution in [0, 0.1) is 0 Å². The summed E-state index contributed by atoms with van der Waals surface area (Å²) >= 11 is 1.77. The molecule has 3 aromatic heterocycles. The van der Waals surface area contributed by atoms with Gasteiger partial charge in [0.15, 0.2) is 5.65 Å². The van der Waals surface area contributed by atoms with Gasteiger partial charge in [-0.2, -0.15) is 10.1 Å². The Hall–Kier alpha value is -2.15. The zero-order valence-electron chi connectivity index (χ0n) is 13.8. The number of H-pyrrole nitrogens is 1. The van der Waals surface area contributed by atoms with Gasteiger partial charge in [-0.05, 0) is 39.3 Å². The minimum absolute atomic E-state index is 0.173. The van der Waals surface area contributed by atoms with Crippen LogP contribution in [0.5, 0.6) is 0 Å². The van der Waals surface area contributed by atoms with Gasteiger partial charge in [-0.25, -0.2) is 4.68 Å². The summed E-state index contributed by atoms with van der Waals surface area (Å²) in [7, 11) is 0. The van der Waals surface area contributed by atoms with Crippen LogP contribution < -0.4 is 10.9 Å². The van der Waals surface area contributed by atoms with Gasteiger partial charge in [0.05, 0.1) is 18.3 Å². The summed E-state index contributed by atoms with van der Waals surface area (Å²) in [5.74, 6) is 0.472. The molecule has 0 unspecified atom stereocenters. The zero-order chi connectivity index (χ0) is 16.6. The molecule has 122 valence electrons. The summed E-state index contributed by atoms with van der Waals surface area (Å²) < 4.78 is 1.78. The lowest BCUT2D eigenvalue weighted by atomic mass is 10.1. The highest BCUT2D eigenvalue weighted by Gasteiger charge is 2.19. The third-order valence-corrected chi connectivity index (χ3v) is 4.80. The lowest BCUT2D eigenvalue weighted by molar-refractivity contribution is 0.366. The molecule has 6 nitrogen and oxygen atoms in total. The third kappa shape index (κ3) is 3.14. The second-order valence-electron chi connectivity index (χ2n) is 6.45. The number of nitrogens with one attached hydrogen (secondary N) is 2. The minimum atomic E-state index is -0.233. The van der Waals surface area contributed by atoms with Gasteiger partial charge < -0.3 is 5.32 Å². The van der Waals surface area contributed by atoms with E-state index in [-0.39, 0.29) is 11.1 Å². The number of anilines is 1. The first-order chi connectivity index (χ1) is 10.9. The van der Waals surface area contributed by atoms with Crippen molar-refractivity contribution in [1.29, 1.82) is 0 Å². The number of hydrogen-bond acceptors (Lipinski definition) is 5. The van der Waals surface area contributed by atoms with Crippen LogP contribution in [-0.2, 0) is 18.5 Å². The molecule has 0 aliphatic heterocycles. The summed E-state index contributed by atoms with van der Waals surface area (Å²) in [6.45, 7) is 8.89. The van der Waals surface area contributed by atoms with Crippen molar-refractivity contribution in [2.24, 2.45) is 0 Å². The summed E-state index contributed by atoms with van der Waals surface area (Å²) in [5.41, 5.74) is 0.196. The highest BCUT2D eigenvalue weighted by atomic mass is 32.1. The fraction of sp³-hybridized carbons (Fsp3) is 0.438. The zero-order valence-corrected chi connectivity index (χ0v) is 14.6. The number of aromatic nitrogens is 4. The maximum atomic E-state index is 12.2. The molecule has 7 heteroatoms. The number of aryl methyl sites for hydroxylation is 1. The quantitative estimate of drug-likeness (QED) is 0.770. The number of fused-ring (bicyclic) bond motifs is 1. The molecule has 23 heavy (non-hydrogen) atoms. The first kappa shape index (κ1) is 15.7. The van der Waals surface area contributed by atoms with Crippen molar-refractivity contribution in [3.63, 3.8) is 0 Å². The van der Waals surface area contributed by atoms with Crippen molar-refractivity contribution in [2.75, 3.05) is 5.32 Å². The lowest BCUT2D eigenvalue weighted by Gasteiger charge is -2.19. The van der Waals surface area contributed by atoms with Crippen molar-refractivity contribution >= 4 is 28.3 Å². The Kier molecular flexibility index (Phi) is 3.97. The van der Waals surface area contributed by atoms with E-state index >= 15 is 0 Å². The second-order valence-corrected chi connectivity index (χ2v) is 7.71. The van der Waals surface area contributed by atoms with E-state index in [2.05, 4.69) is 39.4 Å². The highest BCUT2D eigenvalue weighted by Crippen LogP contribution is 2.20. The smallest absolute Gasteiger partial charge is 0.263 e. The summed E-state index contributed by atoms with van der Waals surface area (Å²) in [6, 6.07) is 4.24. The molecule has 0 aliphatic rings. The van der Waals surface area contributed by atoms with Crippen LogP contribution in [-0.4, -0.2) is 19.7 Å². The number of hydrogen-bond donors (Lipinski definition) is 2. The van der Waals surface area contributed by atoms with Gasteiger partial charge in [-0.3, -0.25) is 9.78 Å². The van der Waals surface area contributed by atoms with Gasteiger partial charge in [0, 0.05) is 9.75 Å². The van der Waals surface area contributed by atoms with Gasteiger partial charge in [-0.1, -0.05) is 6.92 Å². The largest absolute Gasteiger partial charge is 0.351 e. The summed E-state index contributed by atoms with van der Waals surface area (Å²) in [6.07, 6.45) is 2.61. The van der Waals surface area contributed by atoms with Gasteiger partial charge >= 0.3 is 0 Å². The van der Waals surface area contributed by atoms with Crippen LogP contribution >= 0.6 is 11.3 Å². The van der Waals surface area contributed by atoms with Crippen LogP contribution in [0.15, 0.2) is 23.1 Å². The molecule has 3 rings (SSSR count). The normalized spacial score (nSPS) is 12.0. The monoisotopic (exact) mass is 331 g/mol. The van der Waals surface area contributed by atoms with Crippen LogP contribution in [0.25, 0.3) is 11.0 Å². The van der Waals surface area contributed by atoms with E-state index < -0.39 is 0 Å². The molecule has 3 heterocycles. The predicted octanol–water partition coefficient (Wildman–Crippen LogP) is 3.11. The van der Waals surface area contributed by atoms with Gasteiger partial charge in [-0.15, -0.1) is 11.3 Å². The van der Waals surface area contributed by atoms with E-state index in [1.165, 1.54) is 9.75 Å². The molecule has 0 bridgehead atoms. The van der Waals surface area contributed by atoms with Gasteiger partial charge in [0.2, 0.25) is 5.95 Å². The van der Waals surface area contributed by atoms with E-state index in [0.717, 1.165) is 6.42 Å². The maximum Gasteiger partial charge on any atom is 0.263 e. The average molecular weight is 331 g/mol. The Morgan fingerprint density at radius 3 is 2.70 bits per heavy atom. The van der Waals surface area contributed by atoms with Gasteiger partial charge in [0.25, 0.3) is 5.56 Å². The molecular weight excluding hydrogens is 310 g/mol. The van der Waals surface area contributed by atoms with Crippen LogP contribution in [0.3, 0.4) is 0 Å². The number of nitrogens with zero attached hydrogens (tertiary/aromatic N) is 3. The first-order valence-corrected chi connectivity index (χ1v) is 8.50. The van der Waals surface area contributed by atoms with Gasteiger partial charge in [0.1, 0.15) is 5.39 Å². The Labute approximate surface area is 138 Å². The van der Waals surface area contributed by atoms with Crippen LogP contribution in [0.1, 0.15) is 37.4 Å². The molecule has 0 radical (unpaired) electrons. The topological polar surface area (TPSA) is 75.6 Å². The van der Waals surface area contributed by atoms with E-state index in [1.807, 2.05) is 20.8 Å². The summed E-state index contributed by atoms with van der Waals surface area (Å²) in [4.78, 5) is 22.1. The Bertz CT molecular complexity index is 884. The van der Waals surface area contributed by atoms with Crippen LogP contribution in [0.4, 0.5) is 5.95 Å². The second kappa shape index (κ2) is 5.81. The summed E-state index contributed by atoms with van der Waals surface area (Å²) in [5, 5.41) is 8.02. The van der Waals surface area contributed by atoms with E-state index in [0.29, 0.717) is 23.5 Å². The molecule has 3 aromatic rings. The Balaban J connectivity index is 1.90. The Morgan fingerprint density at radius 2 is 2.04 bits per heavy atom. The fourth-order valence-corrected chi connectivity index (χ4v) is 3.27. The molecule has 0 amide bonds. The standard InChI is InChI=1S/C16H21N5OS/c1-5-10-6-7-11(23-10)8-17-15-19-13-12(14(22)20-15)9-18-21(13)16(2,3)4/h6-7,9H,5,8H2,1-4H3,(H2,17,19,20,22). The van der Waals surface area contributed by atoms with Crippen molar-refractivity contribution < 1.29 is 0 Å². The molecule has 0 saturated carbocycles. The van der Waals surface area contributed by atoms with E-state index in [9.17, 15) is 4.79 Å². The fourth-order valence-electron chi connectivity index (χ4n) is 2.37. The molecule has 0 aliphatic carbocycles. The molecule has 0 aromatic carbocycles. The number of rotatable bonds is 4. The Morgan fingerprint density at radius 1 is 1.30 bits per heavy atom. The van der Waals surface area contributed by atoms with E-state index in [1.54, 1.807) is 22.2 Å². The molecule has 0 atom stereocenters. The highest BCUT2D eigenvalue weighted by molar-refractivity contribution is 7.12. The molecule has 0 saturated heterocycles. The number of thiophene rings is 1. The number of aromatic amines is 1. The SMILES string of the molecule is CCc1ccc(CNc2nc3c(cnn3C(C)(C)C)c(=O)[nH]2)s1.